The zero-order valence-corrected chi connectivity index (χ0v) is 14.5. The number of carbonyl (C=O) groups excluding carboxylic acids is 2. The molecule has 4 nitrogen and oxygen atoms in total. The Hall–Kier alpha value is -0.490. The fourth-order valence-electron chi connectivity index (χ4n) is 2.33. The maximum atomic E-state index is 12.0. The molecule has 0 aliphatic heterocycles. The van der Waals surface area contributed by atoms with Gasteiger partial charge >= 0.3 is 5.97 Å². The lowest BCUT2D eigenvalue weighted by Gasteiger charge is -2.18. The molecular formula is C13H14Cl3NO3S. The van der Waals surface area contributed by atoms with Crippen LogP contribution >= 0.6 is 46.1 Å². The highest BCUT2D eigenvalue weighted by molar-refractivity contribution is 7.17. The van der Waals surface area contributed by atoms with Gasteiger partial charge in [-0.15, -0.1) is 11.3 Å². The largest absolute Gasteiger partial charge is 0.465 e. The SMILES string of the molecule is COC(=O)c1c(NC(=O)C(Cl)(Cl)Cl)sc2c1CCC(C)C2. The van der Waals surface area contributed by atoms with Crippen LogP contribution in [0.3, 0.4) is 0 Å². The Morgan fingerprint density at radius 2 is 2.05 bits per heavy atom. The van der Waals surface area contributed by atoms with E-state index in [0.717, 1.165) is 29.7 Å². The van der Waals surface area contributed by atoms with Gasteiger partial charge in [0, 0.05) is 4.88 Å². The highest BCUT2D eigenvalue weighted by atomic mass is 35.6. The van der Waals surface area contributed by atoms with E-state index in [1.165, 1.54) is 18.4 Å². The van der Waals surface area contributed by atoms with E-state index in [1.54, 1.807) is 0 Å². The maximum Gasteiger partial charge on any atom is 0.341 e. The number of nitrogens with one attached hydrogen (secondary N) is 1. The molecule has 0 spiro atoms. The Balaban J connectivity index is 2.41. The van der Waals surface area contributed by atoms with Crippen molar-refractivity contribution in [1.82, 2.24) is 0 Å². The van der Waals surface area contributed by atoms with E-state index in [4.69, 9.17) is 39.5 Å². The van der Waals surface area contributed by atoms with Crippen LogP contribution in [0.4, 0.5) is 5.00 Å². The van der Waals surface area contributed by atoms with Crippen LogP contribution in [0.25, 0.3) is 0 Å². The number of esters is 1. The number of methoxy groups -OCH3 is 1. The number of amides is 1. The molecule has 1 atom stereocenters. The fraction of sp³-hybridized carbons (Fsp3) is 0.538. The average Bonchev–Trinajstić information content (AvgIpc) is 2.73. The Bertz CT molecular complexity index is 580. The number of halogens is 3. The second-order valence-corrected chi connectivity index (χ2v) is 8.39. The van der Waals surface area contributed by atoms with E-state index in [9.17, 15) is 9.59 Å². The monoisotopic (exact) mass is 369 g/mol. The van der Waals surface area contributed by atoms with Crippen molar-refractivity contribution in [2.45, 2.75) is 30.0 Å². The van der Waals surface area contributed by atoms with E-state index in [2.05, 4.69) is 12.2 Å². The number of alkyl halides is 3. The Labute approximate surface area is 141 Å². The van der Waals surface area contributed by atoms with E-state index >= 15 is 0 Å². The molecule has 0 bridgehead atoms. The number of ether oxygens (including phenoxy) is 1. The van der Waals surface area contributed by atoms with Crippen molar-refractivity contribution in [2.75, 3.05) is 12.4 Å². The molecule has 1 heterocycles. The number of rotatable bonds is 2. The molecule has 0 radical (unpaired) electrons. The molecular weight excluding hydrogens is 357 g/mol. The summed E-state index contributed by atoms with van der Waals surface area (Å²) in [4.78, 5) is 24.9. The maximum absolute atomic E-state index is 12.0. The van der Waals surface area contributed by atoms with Crippen molar-refractivity contribution in [3.63, 3.8) is 0 Å². The van der Waals surface area contributed by atoms with Gasteiger partial charge in [0.15, 0.2) is 0 Å². The van der Waals surface area contributed by atoms with E-state index < -0.39 is 15.7 Å². The molecule has 0 fully saturated rings. The van der Waals surface area contributed by atoms with Gasteiger partial charge in [0.05, 0.1) is 12.7 Å². The molecule has 1 aliphatic carbocycles. The van der Waals surface area contributed by atoms with Crippen LogP contribution in [0.15, 0.2) is 0 Å². The first kappa shape index (κ1) is 16.9. The second kappa shape index (κ2) is 6.32. The predicted octanol–water partition coefficient (Wildman–Crippen LogP) is 3.97. The third-order valence-electron chi connectivity index (χ3n) is 3.39. The number of thiophene rings is 1. The number of anilines is 1. The van der Waals surface area contributed by atoms with Crippen LogP contribution in [0.2, 0.25) is 0 Å². The zero-order valence-electron chi connectivity index (χ0n) is 11.5. The lowest BCUT2D eigenvalue weighted by molar-refractivity contribution is -0.115. The van der Waals surface area contributed by atoms with E-state index in [1.807, 2.05) is 0 Å². The van der Waals surface area contributed by atoms with Gasteiger partial charge in [0.1, 0.15) is 5.00 Å². The van der Waals surface area contributed by atoms with Crippen molar-refractivity contribution >= 4 is 63.0 Å². The van der Waals surface area contributed by atoms with E-state index in [-0.39, 0.29) is 0 Å². The van der Waals surface area contributed by atoms with Crippen LogP contribution < -0.4 is 5.32 Å². The average molecular weight is 371 g/mol. The van der Waals surface area contributed by atoms with Crippen molar-refractivity contribution in [3.05, 3.63) is 16.0 Å². The fourth-order valence-corrected chi connectivity index (χ4v) is 3.87. The van der Waals surface area contributed by atoms with Gasteiger partial charge in [0.2, 0.25) is 0 Å². The van der Waals surface area contributed by atoms with Crippen LogP contribution in [0, 0.1) is 5.92 Å². The minimum Gasteiger partial charge on any atom is -0.465 e. The lowest BCUT2D eigenvalue weighted by atomic mass is 9.88. The summed E-state index contributed by atoms with van der Waals surface area (Å²) in [6.07, 6.45) is 2.64. The minimum absolute atomic E-state index is 0.381. The summed E-state index contributed by atoms with van der Waals surface area (Å²) < 4.78 is 2.73. The summed E-state index contributed by atoms with van der Waals surface area (Å²) in [6, 6.07) is 0. The van der Waals surface area contributed by atoms with Gasteiger partial charge in [-0.1, -0.05) is 41.7 Å². The van der Waals surface area contributed by atoms with Crippen LogP contribution in [-0.2, 0) is 22.4 Å². The first-order valence-corrected chi connectivity index (χ1v) is 8.30. The van der Waals surface area contributed by atoms with Crippen LogP contribution in [0.1, 0.15) is 34.1 Å². The molecule has 0 aromatic carbocycles. The smallest absolute Gasteiger partial charge is 0.341 e. The second-order valence-electron chi connectivity index (χ2n) is 5.00. The summed E-state index contributed by atoms with van der Waals surface area (Å²) in [5, 5.41) is 2.91. The normalized spacial score (nSPS) is 18.0. The Kier molecular flexibility index (Phi) is 5.08. The Morgan fingerprint density at radius 3 is 2.62 bits per heavy atom. The van der Waals surface area contributed by atoms with Crippen LogP contribution in [-0.4, -0.2) is 22.8 Å². The van der Waals surface area contributed by atoms with Gasteiger partial charge in [-0.25, -0.2) is 4.79 Å². The molecule has 1 aromatic rings. The van der Waals surface area contributed by atoms with Gasteiger partial charge in [-0.2, -0.15) is 0 Å². The topological polar surface area (TPSA) is 55.4 Å². The quantitative estimate of drug-likeness (QED) is 0.633. The van der Waals surface area contributed by atoms with Crippen molar-refractivity contribution in [1.29, 1.82) is 0 Å². The van der Waals surface area contributed by atoms with E-state index in [0.29, 0.717) is 16.5 Å². The third kappa shape index (κ3) is 3.65. The van der Waals surface area contributed by atoms with Crippen molar-refractivity contribution in [2.24, 2.45) is 5.92 Å². The van der Waals surface area contributed by atoms with Crippen LogP contribution in [0.5, 0.6) is 0 Å². The molecule has 2 rings (SSSR count). The van der Waals surface area contributed by atoms with Crippen molar-refractivity contribution in [3.8, 4) is 0 Å². The molecule has 8 heteroatoms. The number of hydrogen-bond donors (Lipinski definition) is 1. The highest BCUT2D eigenvalue weighted by Crippen LogP contribution is 2.41. The first-order valence-electron chi connectivity index (χ1n) is 6.35. The molecule has 0 saturated heterocycles. The van der Waals surface area contributed by atoms with Gasteiger partial charge in [-0.05, 0) is 30.7 Å². The number of fused-ring (bicyclic) bond motifs is 1. The number of carbonyl (C=O) groups is 2. The molecule has 1 aliphatic rings. The molecule has 116 valence electrons. The molecule has 1 N–H and O–H groups in total. The number of hydrogen-bond acceptors (Lipinski definition) is 4. The molecule has 1 aromatic heterocycles. The lowest BCUT2D eigenvalue weighted by Crippen LogP contribution is -2.27. The summed E-state index contributed by atoms with van der Waals surface area (Å²) in [6.45, 7) is 2.15. The van der Waals surface area contributed by atoms with Crippen molar-refractivity contribution < 1.29 is 14.3 Å². The summed E-state index contributed by atoms with van der Waals surface area (Å²) in [7, 11) is 1.30. The molecule has 0 saturated carbocycles. The summed E-state index contributed by atoms with van der Waals surface area (Å²) >= 11 is 18.0. The standard InChI is InChI=1S/C13H14Cl3NO3S/c1-6-3-4-7-8(5-6)21-10(9(7)11(18)20-2)17-12(19)13(14,15)16/h6H,3-5H2,1-2H3,(H,17,19). The third-order valence-corrected chi connectivity index (χ3v) is 5.07. The summed E-state index contributed by atoms with van der Waals surface area (Å²) in [5.41, 5.74) is 1.32. The first-order chi connectivity index (χ1) is 9.74. The van der Waals surface area contributed by atoms with Gasteiger partial charge < -0.3 is 10.1 Å². The molecule has 1 amide bonds. The van der Waals surface area contributed by atoms with Gasteiger partial charge in [0.25, 0.3) is 9.70 Å². The summed E-state index contributed by atoms with van der Waals surface area (Å²) in [5.74, 6) is -0.732. The molecule has 21 heavy (non-hydrogen) atoms. The predicted molar refractivity (Wildman–Crippen MR) is 85.8 cm³/mol. The zero-order chi connectivity index (χ0) is 15.8. The minimum atomic E-state index is -2.08. The molecule has 1 unspecified atom stereocenters. The highest BCUT2D eigenvalue weighted by Gasteiger charge is 2.34. The van der Waals surface area contributed by atoms with Gasteiger partial charge in [-0.3, -0.25) is 4.79 Å². The Morgan fingerprint density at radius 1 is 1.38 bits per heavy atom.